The summed E-state index contributed by atoms with van der Waals surface area (Å²) in [6.45, 7) is 0.0106. The molecule has 0 saturated heterocycles. The van der Waals surface area contributed by atoms with E-state index in [-0.39, 0.29) is 12.5 Å². The first-order valence-corrected chi connectivity index (χ1v) is 6.66. The molecule has 2 aromatic heterocycles. The third-order valence-corrected chi connectivity index (χ3v) is 3.66. The molecule has 1 aromatic carbocycles. The summed E-state index contributed by atoms with van der Waals surface area (Å²) in [6.07, 6.45) is 1.06. The number of fused-ring (bicyclic) bond motifs is 1. The number of H-pyrrole nitrogens is 1. The Balaban J connectivity index is 1.86. The van der Waals surface area contributed by atoms with Gasteiger partial charge in [0.25, 0.3) is 0 Å². The van der Waals surface area contributed by atoms with Crippen LogP contribution in [-0.2, 0) is 6.61 Å². The predicted octanol–water partition coefficient (Wildman–Crippen LogP) is 1.87. The number of hydrogen-bond acceptors (Lipinski definition) is 7. The molecule has 21 heavy (non-hydrogen) atoms. The molecule has 0 amide bonds. The minimum absolute atomic E-state index is 0.0106. The number of nitrogens with zero attached hydrogens (tertiary/aromatic N) is 3. The van der Waals surface area contributed by atoms with Crippen LogP contribution in [0.5, 0.6) is 5.88 Å². The molecule has 0 atom stereocenters. The standard InChI is InChI=1S/C12H8N4O4S/c17-11-10(16(18)19)12(14-6-13-11)20-5-9-15-7-3-1-2-4-8(7)21-9/h1-4,6H,5H2,(H,13,14,17). The first-order valence-electron chi connectivity index (χ1n) is 5.84. The van der Waals surface area contributed by atoms with Crippen LogP contribution in [0.1, 0.15) is 5.01 Å². The number of nitrogens with one attached hydrogen (secondary N) is 1. The molecule has 2 heterocycles. The Kier molecular flexibility index (Phi) is 3.32. The summed E-state index contributed by atoms with van der Waals surface area (Å²) in [5.41, 5.74) is -0.734. The molecule has 0 radical (unpaired) electrons. The third kappa shape index (κ3) is 2.58. The summed E-state index contributed by atoms with van der Waals surface area (Å²) >= 11 is 1.42. The fourth-order valence-electron chi connectivity index (χ4n) is 1.75. The topological polar surface area (TPSA) is 111 Å². The normalized spacial score (nSPS) is 10.7. The van der Waals surface area contributed by atoms with Crippen molar-refractivity contribution in [2.45, 2.75) is 6.61 Å². The van der Waals surface area contributed by atoms with Crippen molar-refractivity contribution in [1.29, 1.82) is 0 Å². The van der Waals surface area contributed by atoms with Gasteiger partial charge in [0.1, 0.15) is 11.6 Å². The Morgan fingerprint density at radius 3 is 2.95 bits per heavy atom. The molecule has 106 valence electrons. The molecule has 3 aromatic rings. The minimum Gasteiger partial charge on any atom is -0.465 e. The number of aromatic nitrogens is 3. The average Bonchev–Trinajstić information content (AvgIpc) is 2.87. The molecular formula is C12H8N4O4S. The highest BCUT2D eigenvalue weighted by Gasteiger charge is 2.22. The highest BCUT2D eigenvalue weighted by Crippen LogP contribution is 2.24. The molecule has 0 aliphatic carbocycles. The van der Waals surface area contributed by atoms with Crippen LogP contribution >= 0.6 is 11.3 Å². The van der Waals surface area contributed by atoms with Crippen LogP contribution < -0.4 is 10.3 Å². The number of thiazole rings is 1. The molecule has 3 rings (SSSR count). The zero-order valence-electron chi connectivity index (χ0n) is 10.5. The van der Waals surface area contributed by atoms with E-state index < -0.39 is 16.2 Å². The molecule has 0 spiro atoms. The van der Waals surface area contributed by atoms with Gasteiger partial charge in [0, 0.05) is 0 Å². The second kappa shape index (κ2) is 5.29. The van der Waals surface area contributed by atoms with Gasteiger partial charge in [-0.2, -0.15) is 4.98 Å². The van der Waals surface area contributed by atoms with E-state index in [9.17, 15) is 14.9 Å². The van der Waals surface area contributed by atoms with Crippen LogP contribution in [-0.4, -0.2) is 19.9 Å². The van der Waals surface area contributed by atoms with Gasteiger partial charge in [-0.1, -0.05) is 12.1 Å². The molecule has 0 fully saturated rings. The van der Waals surface area contributed by atoms with E-state index >= 15 is 0 Å². The highest BCUT2D eigenvalue weighted by molar-refractivity contribution is 7.18. The third-order valence-electron chi connectivity index (χ3n) is 2.65. The van der Waals surface area contributed by atoms with Gasteiger partial charge in [-0.25, -0.2) is 4.98 Å². The van der Waals surface area contributed by atoms with Crippen LogP contribution in [0.4, 0.5) is 5.69 Å². The first-order chi connectivity index (χ1) is 10.1. The number of rotatable bonds is 4. The maximum atomic E-state index is 11.4. The molecular weight excluding hydrogens is 296 g/mol. The molecule has 0 bridgehead atoms. The van der Waals surface area contributed by atoms with Crippen molar-refractivity contribution in [2.75, 3.05) is 0 Å². The van der Waals surface area contributed by atoms with E-state index in [2.05, 4.69) is 15.0 Å². The fourth-order valence-corrected chi connectivity index (χ4v) is 2.64. The van der Waals surface area contributed by atoms with Gasteiger partial charge >= 0.3 is 17.1 Å². The summed E-state index contributed by atoms with van der Waals surface area (Å²) in [7, 11) is 0. The van der Waals surface area contributed by atoms with Crippen LogP contribution in [0.2, 0.25) is 0 Å². The number of para-hydroxylation sites is 1. The zero-order valence-corrected chi connectivity index (χ0v) is 11.3. The summed E-state index contributed by atoms with van der Waals surface area (Å²) in [5.74, 6) is -0.317. The summed E-state index contributed by atoms with van der Waals surface area (Å²) in [5, 5.41) is 11.5. The fraction of sp³-hybridized carbons (Fsp3) is 0.0833. The summed E-state index contributed by atoms with van der Waals surface area (Å²) < 4.78 is 6.26. The van der Waals surface area contributed by atoms with E-state index in [0.717, 1.165) is 16.5 Å². The van der Waals surface area contributed by atoms with Crippen LogP contribution in [0.3, 0.4) is 0 Å². The summed E-state index contributed by atoms with van der Waals surface area (Å²) in [6, 6.07) is 7.55. The lowest BCUT2D eigenvalue weighted by Crippen LogP contribution is -2.14. The predicted molar refractivity (Wildman–Crippen MR) is 75.5 cm³/mol. The maximum Gasteiger partial charge on any atom is 0.395 e. The van der Waals surface area contributed by atoms with Gasteiger partial charge in [-0.3, -0.25) is 14.9 Å². The number of nitro groups is 1. The number of benzene rings is 1. The Bertz CT molecular complexity index is 840. The second-order valence-corrected chi connectivity index (χ2v) is 5.12. The lowest BCUT2D eigenvalue weighted by Gasteiger charge is -2.02. The zero-order chi connectivity index (χ0) is 14.8. The SMILES string of the molecule is O=c1[nH]cnc(OCc2nc3ccccc3s2)c1[N+](=O)[O-]. The van der Waals surface area contributed by atoms with Crippen molar-refractivity contribution >= 4 is 27.2 Å². The average molecular weight is 304 g/mol. The van der Waals surface area contributed by atoms with Crippen molar-refractivity contribution in [3.63, 3.8) is 0 Å². The van der Waals surface area contributed by atoms with Crippen LogP contribution in [0.25, 0.3) is 10.2 Å². The monoisotopic (exact) mass is 304 g/mol. The molecule has 8 nitrogen and oxygen atoms in total. The largest absolute Gasteiger partial charge is 0.465 e. The van der Waals surface area contributed by atoms with Gasteiger partial charge in [0.15, 0.2) is 0 Å². The molecule has 0 aliphatic heterocycles. The van der Waals surface area contributed by atoms with Crippen LogP contribution in [0, 0.1) is 10.1 Å². The molecule has 0 unspecified atom stereocenters. The first kappa shape index (κ1) is 13.2. The molecule has 0 aliphatic rings. The van der Waals surface area contributed by atoms with Gasteiger partial charge in [-0.15, -0.1) is 11.3 Å². The van der Waals surface area contributed by atoms with E-state index in [4.69, 9.17) is 4.74 Å². The van der Waals surface area contributed by atoms with Crippen molar-refractivity contribution in [1.82, 2.24) is 15.0 Å². The summed E-state index contributed by atoms with van der Waals surface area (Å²) in [4.78, 5) is 31.6. The lowest BCUT2D eigenvalue weighted by atomic mass is 10.3. The Morgan fingerprint density at radius 1 is 1.38 bits per heavy atom. The van der Waals surface area contributed by atoms with E-state index in [1.54, 1.807) is 0 Å². The molecule has 1 N–H and O–H groups in total. The Hall–Kier alpha value is -2.81. The van der Waals surface area contributed by atoms with Gasteiger partial charge in [-0.05, 0) is 12.1 Å². The molecule has 9 heteroatoms. The number of ether oxygens (including phenoxy) is 1. The lowest BCUT2D eigenvalue weighted by molar-refractivity contribution is -0.387. The van der Waals surface area contributed by atoms with Crippen molar-refractivity contribution in [2.24, 2.45) is 0 Å². The number of aromatic amines is 1. The van der Waals surface area contributed by atoms with Crippen molar-refractivity contribution < 1.29 is 9.66 Å². The van der Waals surface area contributed by atoms with Crippen molar-refractivity contribution in [3.8, 4) is 5.88 Å². The Morgan fingerprint density at radius 2 is 2.19 bits per heavy atom. The van der Waals surface area contributed by atoms with Gasteiger partial charge < -0.3 is 9.72 Å². The van der Waals surface area contributed by atoms with Gasteiger partial charge in [0.05, 0.1) is 21.5 Å². The van der Waals surface area contributed by atoms with E-state index in [1.807, 2.05) is 24.3 Å². The Labute approximate surface area is 121 Å². The molecule has 0 saturated carbocycles. The van der Waals surface area contributed by atoms with Gasteiger partial charge in [0.2, 0.25) is 0 Å². The van der Waals surface area contributed by atoms with E-state index in [1.165, 1.54) is 11.3 Å². The smallest absolute Gasteiger partial charge is 0.395 e. The highest BCUT2D eigenvalue weighted by atomic mass is 32.1. The van der Waals surface area contributed by atoms with Crippen molar-refractivity contribution in [3.05, 3.63) is 56.1 Å². The number of hydrogen-bond donors (Lipinski definition) is 1. The quantitative estimate of drug-likeness (QED) is 0.581. The van der Waals surface area contributed by atoms with E-state index in [0.29, 0.717) is 5.01 Å². The van der Waals surface area contributed by atoms with Crippen LogP contribution in [0.15, 0.2) is 35.4 Å². The second-order valence-electron chi connectivity index (χ2n) is 4.01. The minimum atomic E-state index is -0.853. The maximum absolute atomic E-state index is 11.4.